The van der Waals surface area contributed by atoms with E-state index >= 15 is 0 Å². The van der Waals surface area contributed by atoms with Crippen molar-refractivity contribution in [3.63, 3.8) is 0 Å². The van der Waals surface area contributed by atoms with Crippen LogP contribution in [0.5, 0.6) is 0 Å². The average molecular weight is 357 g/mol. The monoisotopic (exact) mass is 356 g/mol. The third kappa shape index (κ3) is 2.67. The van der Waals surface area contributed by atoms with Crippen molar-refractivity contribution < 1.29 is 23.4 Å². The Morgan fingerprint density at radius 3 is 2.25 bits per heavy atom. The maximum atomic E-state index is 6.56. The number of methoxy groups -OCH3 is 1. The Balaban J connectivity index is 1.94. The van der Waals surface area contributed by atoms with Crippen molar-refractivity contribution in [3.8, 4) is 0 Å². The highest BCUT2D eigenvalue weighted by molar-refractivity contribution is 6.74. The van der Waals surface area contributed by atoms with Crippen LogP contribution in [0, 0.1) is 0 Å². The first-order chi connectivity index (χ1) is 10.7. The molecule has 2 bridgehead atoms. The molecule has 0 unspecified atom stereocenters. The van der Waals surface area contributed by atoms with Gasteiger partial charge in [0.25, 0.3) is 0 Å². The van der Waals surface area contributed by atoms with Crippen LogP contribution < -0.4 is 0 Å². The normalized spacial score (nSPS) is 41.1. The summed E-state index contributed by atoms with van der Waals surface area (Å²) in [6, 6.07) is 0. The fourth-order valence-corrected chi connectivity index (χ4v) is 4.72. The van der Waals surface area contributed by atoms with Crippen molar-refractivity contribution in [2.24, 2.45) is 0 Å². The summed E-state index contributed by atoms with van der Waals surface area (Å²) < 4.78 is 31.0. The summed E-state index contributed by atoms with van der Waals surface area (Å²) >= 11 is 0. The summed E-state index contributed by atoms with van der Waals surface area (Å²) in [4.78, 5) is 0. The Morgan fingerprint density at radius 2 is 1.71 bits per heavy atom. The highest BCUT2D eigenvalue weighted by Gasteiger charge is 2.70. The van der Waals surface area contributed by atoms with Gasteiger partial charge in [-0.1, -0.05) is 20.8 Å². The molecule has 3 aliphatic heterocycles. The van der Waals surface area contributed by atoms with E-state index in [1.807, 2.05) is 20.8 Å². The molecule has 5 nitrogen and oxygen atoms in total. The highest BCUT2D eigenvalue weighted by Crippen LogP contribution is 2.55. The van der Waals surface area contributed by atoms with Crippen LogP contribution in [0.2, 0.25) is 18.1 Å². The van der Waals surface area contributed by atoms with Gasteiger partial charge in [0, 0.05) is 7.11 Å². The van der Waals surface area contributed by atoms with Gasteiger partial charge in [-0.2, -0.15) is 0 Å². The van der Waals surface area contributed by atoms with E-state index in [9.17, 15) is 0 Å². The molecular weight excluding hydrogens is 324 g/mol. The fourth-order valence-electron chi connectivity index (χ4n) is 3.63. The zero-order valence-electron chi connectivity index (χ0n) is 16.5. The second-order valence-corrected chi connectivity index (χ2v) is 14.2. The average Bonchev–Trinajstić information content (AvgIpc) is 2.79. The van der Waals surface area contributed by atoms with Crippen LogP contribution in [0.15, 0.2) is 11.8 Å². The third-order valence-electron chi connectivity index (χ3n) is 5.89. The van der Waals surface area contributed by atoms with E-state index in [0.717, 1.165) is 5.76 Å². The van der Waals surface area contributed by atoms with Gasteiger partial charge < -0.3 is 23.4 Å². The molecule has 24 heavy (non-hydrogen) atoms. The summed E-state index contributed by atoms with van der Waals surface area (Å²) in [5.41, 5.74) is -0.607. The van der Waals surface area contributed by atoms with Crippen molar-refractivity contribution in [1.29, 1.82) is 0 Å². The number of fused-ring (bicyclic) bond motifs is 5. The number of ether oxygens (including phenoxy) is 4. The van der Waals surface area contributed by atoms with Crippen LogP contribution in [0.1, 0.15) is 48.0 Å². The predicted octanol–water partition coefficient (Wildman–Crippen LogP) is 3.95. The van der Waals surface area contributed by atoms with E-state index < -0.39 is 25.5 Å². The van der Waals surface area contributed by atoms with E-state index in [-0.39, 0.29) is 17.2 Å². The summed E-state index contributed by atoms with van der Waals surface area (Å²) in [5, 5.41) is 0.136. The summed E-state index contributed by atoms with van der Waals surface area (Å²) in [6.45, 7) is 17.1. The minimum atomic E-state index is -1.93. The van der Waals surface area contributed by atoms with E-state index in [2.05, 4.69) is 39.9 Å². The van der Waals surface area contributed by atoms with Crippen molar-refractivity contribution in [2.45, 2.75) is 95.5 Å². The lowest BCUT2D eigenvalue weighted by Crippen LogP contribution is -2.49. The Kier molecular flexibility index (Phi) is 3.88. The van der Waals surface area contributed by atoms with E-state index in [1.165, 1.54) is 0 Å². The van der Waals surface area contributed by atoms with Crippen LogP contribution in [-0.4, -0.2) is 44.8 Å². The molecule has 0 radical (unpaired) electrons. The van der Waals surface area contributed by atoms with Gasteiger partial charge in [0.2, 0.25) is 14.1 Å². The quantitative estimate of drug-likeness (QED) is 0.717. The topological polar surface area (TPSA) is 46.2 Å². The van der Waals surface area contributed by atoms with Gasteiger partial charge in [0.1, 0.15) is 17.8 Å². The minimum absolute atomic E-state index is 0.136. The molecular formula is C18H32O5Si. The molecule has 3 aliphatic rings. The number of hydrogen-bond acceptors (Lipinski definition) is 5. The maximum Gasteiger partial charge on any atom is 0.250 e. The Bertz CT molecular complexity index is 564. The largest absolute Gasteiger partial charge is 0.546 e. The number of rotatable bonds is 3. The smallest absolute Gasteiger partial charge is 0.250 e. The van der Waals surface area contributed by atoms with Crippen molar-refractivity contribution in [1.82, 2.24) is 0 Å². The standard InChI is InChI=1S/C18H32O5Si/c1-15(2,3)24(8,9)22-12-10-17(6)13-14(21-16(4,5)20-13)18(11-12,19-7)23-17/h10,13-14H,11H2,1-9H3/t13-,14+,17+,18-/m0/s1. The molecule has 3 rings (SSSR count). The van der Waals surface area contributed by atoms with Crippen LogP contribution in [0.25, 0.3) is 0 Å². The SMILES string of the molecule is CO[C@@]12CC(O[Si](C)(C)C(C)(C)C)=C[C@@](C)(O1)[C@H]1OC(C)(C)O[C@H]12. The molecule has 0 spiro atoms. The van der Waals surface area contributed by atoms with Gasteiger partial charge in [-0.15, -0.1) is 0 Å². The van der Waals surface area contributed by atoms with Crippen LogP contribution in [0.3, 0.4) is 0 Å². The maximum absolute atomic E-state index is 6.56. The van der Waals surface area contributed by atoms with Gasteiger partial charge in [-0.25, -0.2) is 0 Å². The molecule has 0 aliphatic carbocycles. The molecule has 0 aromatic heterocycles. The van der Waals surface area contributed by atoms with Gasteiger partial charge in [0.15, 0.2) is 5.79 Å². The predicted molar refractivity (Wildman–Crippen MR) is 94.0 cm³/mol. The minimum Gasteiger partial charge on any atom is -0.546 e. The van der Waals surface area contributed by atoms with Crippen molar-refractivity contribution >= 4 is 8.32 Å². The lowest BCUT2D eigenvalue weighted by Gasteiger charge is -2.43. The molecule has 6 heteroatoms. The first-order valence-corrected chi connectivity index (χ1v) is 11.7. The van der Waals surface area contributed by atoms with E-state index in [0.29, 0.717) is 6.42 Å². The summed E-state index contributed by atoms with van der Waals surface area (Å²) in [7, 11) is -0.255. The van der Waals surface area contributed by atoms with E-state index in [4.69, 9.17) is 23.4 Å². The van der Waals surface area contributed by atoms with Crippen LogP contribution in [0.4, 0.5) is 0 Å². The third-order valence-corrected chi connectivity index (χ3v) is 10.3. The van der Waals surface area contributed by atoms with Gasteiger partial charge in [-0.05, 0) is 45.0 Å². The molecule has 2 saturated heterocycles. The Labute approximate surface area is 146 Å². The van der Waals surface area contributed by atoms with Crippen LogP contribution >= 0.6 is 0 Å². The lowest BCUT2D eigenvalue weighted by atomic mass is 9.98. The van der Waals surface area contributed by atoms with Crippen molar-refractivity contribution in [2.75, 3.05) is 7.11 Å². The van der Waals surface area contributed by atoms with Gasteiger partial charge >= 0.3 is 0 Å². The molecule has 0 amide bonds. The second-order valence-electron chi connectivity index (χ2n) is 9.43. The molecule has 0 saturated carbocycles. The van der Waals surface area contributed by atoms with Gasteiger partial charge in [0.05, 0.1) is 12.2 Å². The van der Waals surface area contributed by atoms with E-state index in [1.54, 1.807) is 7.11 Å². The first-order valence-electron chi connectivity index (χ1n) is 8.75. The molecule has 0 N–H and O–H groups in total. The zero-order chi connectivity index (χ0) is 18.2. The van der Waals surface area contributed by atoms with Gasteiger partial charge in [-0.3, -0.25) is 0 Å². The van der Waals surface area contributed by atoms with Crippen molar-refractivity contribution in [3.05, 3.63) is 11.8 Å². The second kappa shape index (κ2) is 5.07. The molecule has 4 atom stereocenters. The fraction of sp³-hybridized carbons (Fsp3) is 0.889. The highest BCUT2D eigenvalue weighted by atomic mass is 28.4. The first kappa shape index (κ1) is 18.4. The lowest BCUT2D eigenvalue weighted by molar-refractivity contribution is -0.300. The Morgan fingerprint density at radius 1 is 1.12 bits per heavy atom. The summed E-state index contributed by atoms with van der Waals surface area (Å²) in [6.07, 6.45) is 2.17. The Hall–Kier alpha value is -0.403. The molecule has 138 valence electrons. The van der Waals surface area contributed by atoms with Crippen LogP contribution in [-0.2, 0) is 23.4 Å². The summed E-state index contributed by atoms with van der Waals surface area (Å²) in [5.74, 6) is -0.535. The molecule has 0 aromatic rings. The molecule has 2 fully saturated rings. The molecule has 0 aromatic carbocycles. The zero-order valence-corrected chi connectivity index (χ0v) is 17.5. The molecule has 3 heterocycles. The number of hydrogen-bond donors (Lipinski definition) is 0.